The standard InChI is InChI=1S/C18H30O3SSe/c1-6-7-10-15(19)17(12-20-3)23-18-14(13(2)22-5)9-8-11-16(18)21-4/h8-9,11,13,15,17,19H,6-7,10,12H2,1-5H3/t13-,15+,17+/m0/s1. The van der Waals surface area contributed by atoms with Gasteiger partial charge in [0.25, 0.3) is 0 Å². The molecule has 5 heteroatoms. The fourth-order valence-corrected chi connectivity index (χ4v) is 6.06. The van der Waals surface area contributed by atoms with Crippen molar-refractivity contribution in [2.24, 2.45) is 0 Å². The number of hydrogen-bond donors (Lipinski definition) is 1. The topological polar surface area (TPSA) is 38.7 Å². The molecule has 0 saturated heterocycles. The molecule has 132 valence electrons. The van der Waals surface area contributed by atoms with Gasteiger partial charge in [-0.15, -0.1) is 0 Å². The second-order valence-corrected chi connectivity index (χ2v) is 9.38. The maximum atomic E-state index is 10.6. The summed E-state index contributed by atoms with van der Waals surface area (Å²) >= 11 is 1.94. The van der Waals surface area contributed by atoms with Crippen LogP contribution < -0.4 is 9.20 Å². The molecule has 0 aliphatic rings. The van der Waals surface area contributed by atoms with Crippen LogP contribution in [-0.4, -0.2) is 53.2 Å². The number of thioether (sulfide) groups is 1. The number of aliphatic hydroxyl groups excluding tert-OH is 1. The van der Waals surface area contributed by atoms with Gasteiger partial charge in [-0.3, -0.25) is 0 Å². The summed E-state index contributed by atoms with van der Waals surface area (Å²) < 4.78 is 12.3. The van der Waals surface area contributed by atoms with Crippen LogP contribution in [-0.2, 0) is 4.74 Å². The summed E-state index contributed by atoms with van der Waals surface area (Å²) in [5.74, 6) is 0.937. The fraction of sp³-hybridized carbons (Fsp3) is 0.667. The number of ether oxygens (including phenoxy) is 2. The average Bonchev–Trinajstić information content (AvgIpc) is 2.58. The first-order chi connectivity index (χ1) is 11.1. The molecule has 23 heavy (non-hydrogen) atoms. The van der Waals surface area contributed by atoms with Crippen molar-refractivity contribution in [1.82, 2.24) is 0 Å². The molecular formula is C18H30O3SSe. The molecule has 0 fully saturated rings. The fourth-order valence-electron chi connectivity index (χ4n) is 2.41. The predicted molar refractivity (Wildman–Crippen MR) is 101 cm³/mol. The Morgan fingerprint density at radius 1 is 1.30 bits per heavy atom. The van der Waals surface area contributed by atoms with E-state index in [0.29, 0.717) is 11.9 Å². The first-order valence-corrected chi connectivity index (χ1v) is 11.3. The SMILES string of the molecule is CCCC[C@@H](O)[C@@H](COC)[Se]c1c(OC)cccc1[C@H](C)SC. The van der Waals surface area contributed by atoms with Gasteiger partial charge in [0.2, 0.25) is 0 Å². The summed E-state index contributed by atoms with van der Waals surface area (Å²) in [6.07, 6.45) is 4.82. The molecule has 1 aromatic carbocycles. The third-order valence-electron chi connectivity index (χ3n) is 3.90. The van der Waals surface area contributed by atoms with Crippen LogP contribution in [0, 0.1) is 0 Å². The maximum absolute atomic E-state index is 10.6. The summed E-state index contributed by atoms with van der Waals surface area (Å²) in [4.78, 5) is 0.156. The molecule has 0 aromatic heterocycles. The molecule has 0 heterocycles. The van der Waals surface area contributed by atoms with Crippen LogP contribution in [0.15, 0.2) is 18.2 Å². The zero-order chi connectivity index (χ0) is 17.2. The molecule has 1 rings (SSSR count). The average molecular weight is 405 g/mol. The molecule has 0 aliphatic carbocycles. The van der Waals surface area contributed by atoms with Gasteiger partial charge in [0.05, 0.1) is 0 Å². The van der Waals surface area contributed by atoms with Crippen LogP contribution in [0.2, 0.25) is 4.82 Å². The Morgan fingerprint density at radius 3 is 2.61 bits per heavy atom. The Bertz CT molecular complexity index is 456. The van der Waals surface area contributed by atoms with Crippen LogP contribution in [0.4, 0.5) is 0 Å². The molecule has 0 unspecified atom stereocenters. The second kappa shape index (κ2) is 11.4. The number of hydrogen-bond acceptors (Lipinski definition) is 4. The van der Waals surface area contributed by atoms with Crippen LogP contribution in [0.3, 0.4) is 0 Å². The molecule has 1 N–H and O–H groups in total. The van der Waals surface area contributed by atoms with Gasteiger partial charge < -0.3 is 0 Å². The Hall–Kier alpha value is -0.191. The first-order valence-electron chi connectivity index (χ1n) is 8.12. The van der Waals surface area contributed by atoms with E-state index >= 15 is 0 Å². The van der Waals surface area contributed by atoms with E-state index in [-0.39, 0.29) is 25.9 Å². The number of aliphatic hydroxyl groups is 1. The summed E-state index contributed by atoms with van der Waals surface area (Å²) in [5, 5.41) is 11.0. The zero-order valence-corrected chi connectivity index (χ0v) is 17.4. The molecule has 1 aromatic rings. The van der Waals surface area contributed by atoms with E-state index in [4.69, 9.17) is 9.47 Å². The van der Waals surface area contributed by atoms with Gasteiger partial charge >= 0.3 is 152 Å². The number of rotatable bonds is 11. The Balaban J connectivity index is 3.05. The van der Waals surface area contributed by atoms with Crippen molar-refractivity contribution in [3.05, 3.63) is 23.8 Å². The van der Waals surface area contributed by atoms with Crippen molar-refractivity contribution in [1.29, 1.82) is 0 Å². The van der Waals surface area contributed by atoms with E-state index in [0.717, 1.165) is 25.0 Å². The number of unbranched alkanes of at least 4 members (excludes halogenated alkanes) is 1. The quantitative estimate of drug-likeness (QED) is 0.573. The minimum absolute atomic E-state index is 0.106. The van der Waals surface area contributed by atoms with E-state index in [1.807, 2.05) is 17.8 Å². The van der Waals surface area contributed by atoms with E-state index in [1.54, 1.807) is 14.2 Å². The van der Waals surface area contributed by atoms with Crippen molar-refractivity contribution in [3.8, 4) is 5.75 Å². The van der Waals surface area contributed by atoms with E-state index in [1.165, 1.54) is 10.0 Å². The Kier molecular flexibility index (Phi) is 10.3. The summed E-state index contributed by atoms with van der Waals surface area (Å²) in [5.41, 5.74) is 1.32. The van der Waals surface area contributed by atoms with E-state index in [9.17, 15) is 5.11 Å². The van der Waals surface area contributed by atoms with Gasteiger partial charge in [0.1, 0.15) is 0 Å². The van der Waals surface area contributed by atoms with Gasteiger partial charge in [-0.1, -0.05) is 0 Å². The predicted octanol–water partition coefficient (Wildman–Crippen LogP) is 3.43. The van der Waals surface area contributed by atoms with Crippen LogP contribution in [0.5, 0.6) is 5.75 Å². The minimum atomic E-state index is -0.308. The Labute approximate surface area is 151 Å². The third-order valence-corrected chi connectivity index (χ3v) is 7.86. The monoisotopic (exact) mass is 406 g/mol. The van der Waals surface area contributed by atoms with E-state index in [2.05, 4.69) is 32.2 Å². The van der Waals surface area contributed by atoms with Crippen molar-refractivity contribution in [2.75, 3.05) is 27.1 Å². The second-order valence-electron chi connectivity index (χ2n) is 5.58. The van der Waals surface area contributed by atoms with Gasteiger partial charge in [-0.2, -0.15) is 0 Å². The van der Waals surface area contributed by atoms with E-state index < -0.39 is 0 Å². The summed E-state index contributed by atoms with van der Waals surface area (Å²) in [6.45, 7) is 4.97. The molecule has 0 radical (unpaired) electrons. The summed E-state index contributed by atoms with van der Waals surface area (Å²) in [7, 11) is 3.44. The molecule has 3 nitrogen and oxygen atoms in total. The van der Waals surface area contributed by atoms with Crippen LogP contribution in [0.25, 0.3) is 0 Å². The van der Waals surface area contributed by atoms with Gasteiger partial charge in [-0.25, -0.2) is 0 Å². The molecular weight excluding hydrogens is 375 g/mol. The first kappa shape index (κ1) is 20.9. The molecule has 3 atom stereocenters. The van der Waals surface area contributed by atoms with Crippen LogP contribution in [0.1, 0.15) is 43.9 Å². The van der Waals surface area contributed by atoms with Crippen molar-refractivity contribution < 1.29 is 14.6 Å². The summed E-state index contributed by atoms with van der Waals surface area (Å²) in [6, 6.07) is 6.26. The van der Waals surface area contributed by atoms with Gasteiger partial charge in [0, 0.05) is 0 Å². The Morgan fingerprint density at radius 2 is 2.04 bits per heavy atom. The van der Waals surface area contributed by atoms with Crippen LogP contribution >= 0.6 is 11.8 Å². The molecule has 0 aliphatic heterocycles. The molecule has 0 amide bonds. The van der Waals surface area contributed by atoms with Crippen molar-refractivity contribution in [3.63, 3.8) is 0 Å². The normalized spacial score (nSPS) is 15.2. The van der Waals surface area contributed by atoms with Crippen molar-refractivity contribution >= 4 is 31.2 Å². The van der Waals surface area contributed by atoms with Crippen molar-refractivity contribution in [2.45, 2.75) is 49.3 Å². The zero-order valence-electron chi connectivity index (χ0n) is 14.9. The molecule has 0 spiro atoms. The number of methoxy groups -OCH3 is 2. The van der Waals surface area contributed by atoms with Gasteiger partial charge in [0.15, 0.2) is 0 Å². The number of benzene rings is 1. The molecule has 0 bridgehead atoms. The van der Waals surface area contributed by atoms with Gasteiger partial charge in [-0.05, 0) is 0 Å². The molecule has 0 saturated carbocycles. The third kappa shape index (κ3) is 6.32.